The molecule has 2 N–H and O–H groups in total. The number of hydrogen-bond acceptors (Lipinski definition) is 2. The Hall–Kier alpha value is -2.36. The lowest BCUT2D eigenvalue weighted by Gasteiger charge is -2.23. The highest BCUT2D eigenvalue weighted by molar-refractivity contribution is 5.84. The van der Waals surface area contributed by atoms with Crippen molar-refractivity contribution in [2.75, 3.05) is 0 Å². The smallest absolute Gasteiger partial charge is 0.313 e. The largest absolute Gasteiger partial charge is 0.508 e. The van der Waals surface area contributed by atoms with Crippen molar-refractivity contribution < 1.29 is 19.4 Å². The van der Waals surface area contributed by atoms with Gasteiger partial charge >= 0.3 is 5.97 Å². The maximum atomic E-state index is 14.0. The van der Waals surface area contributed by atoms with Crippen molar-refractivity contribution in [3.8, 4) is 16.9 Å². The molecule has 0 saturated heterocycles. The van der Waals surface area contributed by atoms with Gasteiger partial charge in [0.05, 0.1) is 5.41 Å². The Morgan fingerprint density at radius 3 is 2.35 bits per heavy atom. The van der Waals surface area contributed by atoms with E-state index in [0.717, 1.165) is 6.07 Å². The number of hydrogen-bond donors (Lipinski definition) is 2. The second kappa shape index (κ2) is 4.96. The fourth-order valence-corrected chi connectivity index (χ4v) is 2.10. The average molecular weight is 274 g/mol. The van der Waals surface area contributed by atoms with E-state index >= 15 is 0 Å². The average Bonchev–Trinajstić information content (AvgIpc) is 2.38. The maximum Gasteiger partial charge on any atom is 0.313 e. The first-order chi connectivity index (χ1) is 9.34. The molecule has 0 aliphatic carbocycles. The molecule has 2 aromatic carbocycles. The maximum absolute atomic E-state index is 14.0. The molecule has 0 atom stereocenters. The number of aromatic hydroxyl groups is 1. The first-order valence-electron chi connectivity index (χ1n) is 6.16. The Morgan fingerprint density at radius 1 is 1.10 bits per heavy atom. The molecule has 0 saturated carbocycles. The summed E-state index contributed by atoms with van der Waals surface area (Å²) in [5.41, 5.74) is 0.170. The molecular weight excluding hydrogens is 259 g/mol. The molecular formula is C16H15FO3. The molecule has 0 unspecified atom stereocenters. The number of rotatable bonds is 3. The third kappa shape index (κ3) is 2.37. The quantitative estimate of drug-likeness (QED) is 0.899. The van der Waals surface area contributed by atoms with Crippen LogP contribution in [0.1, 0.15) is 19.4 Å². The minimum Gasteiger partial charge on any atom is -0.508 e. The van der Waals surface area contributed by atoms with Gasteiger partial charge in [0, 0.05) is 11.6 Å². The molecule has 0 aliphatic rings. The SMILES string of the molecule is CC(C)(C(=O)O)c1ccccc1-c1ccc(O)cc1F. The van der Waals surface area contributed by atoms with Crippen LogP contribution in [0.25, 0.3) is 11.1 Å². The molecule has 3 nitrogen and oxygen atoms in total. The first-order valence-corrected chi connectivity index (χ1v) is 6.16. The molecule has 4 heteroatoms. The lowest BCUT2D eigenvalue weighted by atomic mass is 9.80. The van der Waals surface area contributed by atoms with Crippen LogP contribution in [0.5, 0.6) is 5.75 Å². The van der Waals surface area contributed by atoms with Crippen molar-refractivity contribution in [2.24, 2.45) is 0 Å². The fraction of sp³-hybridized carbons (Fsp3) is 0.188. The Balaban J connectivity index is 2.67. The normalized spacial score (nSPS) is 11.3. The Labute approximate surface area is 116 Å². The van der Waals surface area contributed by atoms with Crippen LogP contribution in [-0.4, -0.2) is 16.2 Å². The van der Waals surface area contributed by atoms with Gasteiger partial charge in [-0.1, -0.05) is 24.3 Å². The highest BCUT2D eigenvalue weighted by Crippen LogP contribution is 2.35. The van der Waals surface area contributed by atoms with Gasteiger partial charge in [-0.05, 0) is 37.1 Å². The van der Waals surface area contributed by atoms with Crippen LogP contribution in [-0.2, 0) is 10.2 Å². The molecule has 0 aliphatic heterocycles. The van der Waals surface area contributed by atoms with Crippen molar-refractivity contribution in [3.05, 3.63) is 53.8 Å². The van der Waals surface area contributed by atoms with Gasteiger partial charge in [0.25, 0.3) is 0 Å². The second-order valence-electron chi connectivity index (χ2n) is 5.14. The zero-order valence-corrected chi connectivity index (χ0v) is 11.2. The van der Waals surface area contributed by atoms with Gasteiger partial charge in [-0.15, -0.1) is 0 Å². The van der Waals surface area contributed by atoms with Gasteiger partial charge in [-0.2, -0.15) is 0 Å². The van der Waals surface area contributed by atoms with Crippen LogP contribution < -0.4 is 0 Å². The van der Waals surface area contributed by atoms with E-state index in [-0.39, 0.29) is 11.3 Å². The predicted octanol–water partition coefficient (Wildman–Crippen LogP) is 3.56. The summed E-state index contributed by atoms with van der Waals surface area (Å²) in [6.07, 6.45) is 0. The highest BCUT2D eigenvalue weighted by atomic mass is 19.1. The van der Waals surface area contributed by atoms with Crippen molar-refractivity contribution in [1.82, 2.24) is 0 Å². The third-order valence-electron chi connectivity index (χ3n) is 3.38. The zero-order chi connectivity index (χ0) is 14.9. The molecule has 0 fully saturated rings. The summed E-state index contributed by atoms with van der Waals surface area (Å²) in [5.74, 6) is -1.73. The van der Waals surface area contributed by atoms with Crippen LogP contribution >= 0.6 is 0 Å². The van der Waals surface area contributed by atoms with Gasteiger partial charge in [-0.25, -0.2) is 4.39 Å². The first kappa shape index (κ1) is 14.1. The van der Waals surface area contributed by atoms with Crippen LogP contribution in [0.15, 0.2) is 42.5 Å². The zero-order valence-electron chi connectivity index (χ0n) is 11.2. The number of phenolic OH excluding ortho intramolecular Hbond substituents is 1. The number of aliphatic carboxylic acids is 1. The van der Waals surface area contributed by atoms with Gasteiger partial charge in [0.2, 0.25) is 0 Å². The van der Waals surface area contributed by atoms with Gasteiger partial charge < -0.3 is 10.2 Å². The fourth-order valence-electron chi connectivity index (χ4n) is 2.10. The summed E-state index contributed by atoms with van der Waals surface area (Å²) in [6.45, 7) is 3.15. The van der Waals surface area contributed by atoms with Crippen LogP contribution in [0, 0.1) is 5.82 Å². The van der Waals surface area contributed by atoms with Crippen molar-refractivity contribution in [1.29, 1.82) is 0 Å². The number of benzene rings is 2. The van der Waals surface area contributed by atoms with E-state index in [2.05, 4.69) is 0 Å². The molecule has 2 rings (SSSR count). The summed E-state index contributed by atoms with van der Waals surface area (Å²) in [6, 6.07) is 10.6. The molecule has 20 heavy (non-hydrogen) atoms. The highest BCUT2D eigenvalue weighted by Gasteiger charge is 2.32. The van der Waals surface area contributed by atoms with E-state index in [1.807, 2.05) is 0 Å². The number of phenols is 1. The van der Waals surface area contributed by atoms with Crippen molar-refractivity contribution >= 4 is 5.97 Å². The Morgan fingerprint density at radius 2 is 1.75 bits per heavy atom. The summed E-state index contributed by atoms with van der Waals surface area (Å²) >= 11 is 0. The van der Waals surface area contributed by atoms with Crippen LogP contribution in [0.3, 0.4) is 0 Å². The molecule has 0 heterocycles. The lowest BCUT2D eigenvalue weighted by molar-refractivity contribution is -0.142. The third-order valence-corrected chi connectivity index (χ3v) is 3.38. The molecule has 0 spiro atoms. The summed E-state index contributed by atoms with van der Waals surface area (Å²) < 4.78 is 14.0. The van der Waals surface area contributed by atoms with E-state index in [9.17, 15) is 19.4 Å². The molecule has 0 aromatic heterocycles. The molecule has 0 bridgehead atoms. The number of carboxylic acid groups (broad SMARTS) is 1. The van der Waals surface area contributed by atoms with Gasteiger partial charge in [0.15, 0.2) is 0 Å². The molecule has 104 valence electrons. The number of carbonyl (C=O) groups is 1. The van der Waals surface area contributed by atoms with E-state index < -0.39 is 17.2 Å². The molecule has 2 aromatic rings. The van der Waals surface area contributed by atoms with Gasteiger partial charge in [0.1, 0.15) is 11.6 Å². The summed E-state index contributed by atoms with van der Waals surface area (Å²) in [5, 5.41) is 18.6. The van der Waals surface area contributed by atoms with E-state index in [1.165, 1.54) is 12.1 Å². The second-order valence-corrected chi connectivity index (χ2v) is 5.14. The predicted molar refractivity (Wildman–Crippen MR) is 74.2 cm³/mol. The number of carboxylic acids is 1. The van der Waals surface area contributed by atoms with Gasteiger partial charge in [-0.3, -0.25) is 4.79 Å². The standard InChI is InChI=1S/C16H15FO3/c1-16(2,15(19)20)13-6-4-3-5-11(13)12-8-7-10(18)9-14(12)17/h3-9,18H,1-2H3,(H,19,20). The Bertz CT molecular complexity index is 663. The van der Waals surface area contributed by atoms with E-state index in [4.69, 9.17) is 0 Å². The minimum absolute atomic E-state index is 0.166. The van der Waals surface area contributed by atoms with Crippen LogP contribution in [0.2, 0.25) is 0 Å². The topological polar surface area (TPSA) is 57.5 Å². The van der Waals surface area contributed by atoms with E-state index in [1.54, 1.807) is 38.1 Å². The molecule has 0 amide bonds. The van der Waals surface area contributed by atoms with Crippen LogP contribution in [0.4, 0.5) is 4.39 Å². The number of halogens is 1. The minimum atomic E-state index is -1.14. The summed E-state index contributed by atoms with van der Waals surface area (Å²) in [7, 11) is 0. The monoisotopic (exact) mass is 274 g/mol. The van der Waals surface area contributed by atoms with Crippen molar-refractivity contribution in [3.63, 3.8) is 0 Å². The lowest BCUT2D eigenvalue weighted by Crippen LogP contribution is -2.29. The van der Waals surface area contributed by atoms with E-state index in [0.29, 0.717) is 11.1 Å². The summed E-state index contributed by atoms with van der Waals surface area (Å²) in [4.78, 5) is 11.4. The van der Waals surface area contributed by atoms with Crippen molar-refractivity contribution in [2.45, 2.75) is 19.3 Å². The molecule has 0 radical (unpaired) electrons. The Kier molecular flexibility index (Phi) is 3.49.